The molecule has 1 amide bonds. The van der Waals surface area contributed by atoms with E-state index in [-0.39, 0.29) is 12.2 Å². The number of anilines is 1. The first-order valence-corrected chi connectivity index (χ1v) is 12.0. The number of nitrogens with one attached hydrogen (secondary N) is 1. The Balaban J connectivity index is 1.82. The standard InChI is InChI=1S/C28H24BrN3O4/c1-3-34-24-11-9-23(10-12-24)32-28(33)22(17-31)13-19-14-25(29)27(26(15-19)35-4-2)36-18-21-8-6-5-7-20(21)16-30/h5-15H,3-4,18H2,1-2H3,(H,32,33)/b22-13+. The van der Waals surface area contributed by atoms with Crippen LogP contribution >= 0.6 is 15.9 Å². The first-order valence-electron chi connectivity index (χ1n) is 11.2. The monoisotopic (exact) mass is 545 g/mol. The van der Waals surface area contributed by atoms with E-state index in [9.17, 15) is 15.3 Å². The SMILES string of the molecule is CCOc1ccc(NC(=O)/C(C#N)=C/c2cc(Br)c(OCc3ccccc3C#N)c(OCC)c2)cc1. The first-order chi connectivity index (χ1) is 17.5. The number of halogens is 1. The maximum atomic E-state index is 12.7. The molecule has 0 aromatic heterocycles. The highest BCUT2D eigenvalue weighted by Gasteiger charge is 2.15. The summed E-state index contributed by atoms with van der Waals surface area (Å²) in [5.74, 6) is 1.05. The predicted molar refractivity (Wildman–Crippen MR) is 141 cm³/mol. The predicted octanol–water partition coefficient (Wildman–Crippen LogP) is 6.24. The van der Waals surface area contributed by atoms with Gasteiger partial charge >= 0.3 is 0 Å². The van der Waals surface area contributed by atoms with Gasteiger partial charge in [0.1, 0.15) is 24.0 Å². The van der Waals surface area contributed by atoms with Gasteiger partial charge in [0, 0.05) is 11.3 Å². The number of nitrogens with zero attached hydrogens (tertiary/aromatic N) is 2. The largest absolute Gasteiger partial charge is 0.494 e. The Morgan fingerprint density at radius 3 is 2.39 bits per heavy atom. The van der Waals surface area contributed by atoms with Crippen LogP contribution < -0.4 is 19.5 Å². The third-order valence-electron chi connectivity index (χ3n) is 4.94. The molecule has 7 nitrogen and oxygen atoms in total. The van der Waals surface area contributed by atoms with Crippen molar-refractivity contribution >= 4 is 33.6 Å². The van der Waals surface area contributed by atoms with Crippen LogP contribution in [0.25, 0.3) is 6.08 Å². The number of hydrogen-bond acceptors (Lipinski definition) is 6. The van der Waals surface area contributed by atoms with Crippen LogP contribution in [0.4, 0.5) is 5.69 Å². The summed E-state index contributed by atoms with van der Waals surface area (Å²) in [6.07, 6.45) is 1.48. The molecule has 8 heteroatoms. The van der Waals surface area contributed by atoms with Gasteiger partial charge in [-0.1, -0.05) is 18.2 Å². The molecule has 1 N–H and O–H groups in total. The van der Waals surface area contributed by atoms with Crippen molar-refractivity contribution in [2.75, 3.05) is 18.5 Å². The highest BCUT2D eigenvalue weighted by Crippen LogP contribution is 2.38. The van der Waals surface area contributed by atoms with Crippen molar-refractivity contribution in [1.82, 2.24) is 0 Å². The second-order valence-corrected chi connectivity index (χ2v) is 8.26. The average molecular weight is 546 g/mol. The summed E-state index contributed by atoms with van der Waals surface area (Å²) >= 11 is 3.50. The van der Waals surface area contributed by atoms with Gasteiger partial charge in [-0.3, -0.25) is 4.79 Å². The van der Waals surface area contributed by atoms with Gasteiger partial charge in [-0.25, -0.2) is 0 Å². The van der Waals surface area contributed by atoms with E-state index in [2.05, 4.69) is 27.3 Å². The molecule has 0 saturated carbocycles. The Hall–Kier alpha value is -4.27. The molecule has 0 heterocycles. The molecule has 36 heavy (non-hydrogen) atoms. The fraction of sp³-hybridized carbons (Fsp3) is 0.179. The quantitative estimate of drug-likeness (QED) is 0.238. The van der Waals surface area contributed by atoms with E-state index in [0.29, 0.717) is 51.7 Å². The number of carbonyl (C=O) groups is 1. The van der Waals surface area contributed by atoms with E-state index >= 15 is 0 Å². The van der Waals surface area contributed by atoms with Crippen LogP contribution in [0.2, 0.25) is 0 Å². The maximum absolute atomic E-state index is 12.7. The molecule has 0 atom stereocenters. The molecule has 3 rings (SSSR count). The maximum Gasteiger partial charge on any atom is 0.266 e. The second kappa shape index (κ2) is 13.0. The molecule has 3 aromatic carbocycles. The first kappa shape index (κ1) is 26.3. The summed E-state index contributed by atoms with van der Waals surface area (Å²) < 4.78 is 17.7. The molecule has 3 aromatic rings. The van der Waals surface area contributed by atoms with Crippen molar-refractivity contribution in [3.63, 3.8) is 0 Å². The van der Waals surface area contributed by atoms with Crippen molar-refractivity contribution in [3.05, 3.63) is 87.4 Å². The van der Waals surface area contributed by atoms with Gasteiger partial charge in [-0.15, -0.1) is 0 Å². The van der Waals surface area contributed by atoms with Gasteiger partial charge < -0.3 is 19.5 Å². The van der Waals surface area contributed by atoms with Gasteiger partial charge in [-0.2, -0.15) is 10.5 Å². The lowest BCUT2D eigenvalue weighted by Crippen LogP contribution is -2.13. The molecule has 182 valence electrons. The summed E-state index contributed by atoms with van der Waals surface area (Å²) in [4.78, 5) is 12.7. The molecule has 0 unspecified atom stereocenters. The van der Waals surface area contributed by atoms with E-state index in [1.807, 2.05) is 32.0 Å². The topological polar surface area (TPSA) is 104 Å². The summed E-state index contributed by atoms with van der Waals surface area (Å²) in [5.41, 5.74) is 2.32. The van der Waals surface area contributed by atoms with Gasteiger partial charge in [0.25, 0.3) is 5.91 Å². The summed E-state index contributed by atoms with van der Waals surface area (Å²) in [6.45, 7) is 4.83. The van der Waals surface area contributed by atoms with Crippen LogP contribution in [-0.4, -0.2) is 19.1 Å². The van der Waals surface area contributed by atoms with Gasteiger partial charge in [-0.05, 0) is 83.9 Å². The van der Waals surface area contributed by atoms with Crippen LogP contribution in [0, 0.1) is 22.7 Å². The molecule has 0 saturated heterocycles. The fourth-order valence-electron chi connectivity index (χ4n) is 3.29. The zero-order valence-corrected chi connectivity index (χ0v) is 21.5. The minimum Gasteiger partial charge on any atom is -0.494 e. The molecular formula is C28H24BrN3O4. The lowest BCUT2D eigenvalue weighted by Gasteiger charge is -2.15. The van der Waals surface area contributed by atoms with Crippen molar-refractivity contribution in [2.45, 2.75) is 20.5 Å². The van der Waals surface area contributed by atoms with Gasteiger partial charge in [0.05, 0.1) is 29.3 Å². The van der Waals surface area contributed by atoms with Crippen molar-refractivity contribution < 1.29 is 19.0 Å². The average Bonchev–Trinajstić information content (AvgIpc) is 2.88. The van der Waals surface area contributed by atoms with Gasteiger partial charge in [0.15, 0.2) is 11.5 Å². The zero-order chi connectivity index (χ0) is 25.9. The van der Waals surface area contributed by atoms with E-state index in [1.165, 1.54) is 6.08 Å². The molecule has 0 aliphatic heterocycles. The van der Waals surface area contributed by atoms with Crippen molar-refractivity contribution in [2.24, 2.45) is 0 Å². The molecule has 0 aliphatic rings. The minimum absolute atomic E-state index is 0.0742. The lowest BCUT2D eigenvalue weighted by atomic mass is 10.1. The molecule has 0 spiro atoms. The minimum atomic E-state index is -0.538. The Labute approximate surface area is 218 Å². The van der Waals surface area contributed by atoms with Crippen molar-refractivity contribution in [1.29, 1.82) is 10.5 Å². The van der Waals surface area contributed by atoms with Crippen LogP contribution in [0.15, 0.2) is 70.7 Å². The van der Waals surface area contributed by atoms with Crippen LogP contribution in [-0.2, 0) is 11.4 Å². The molecule has 0 aliphatic carbocycles. The number of nitriles is 2. The Kier molecular flexibility index (Phi) is 9.50. The van der Waals surface area contributed by atoms with Crippen molar-refractivity contribution in [3.8, 4) is 29.4 Å². The number of carbonyl (C=O) groups excluding carboxylic acids is 1. The Bertz CT molecular complexity index is 1340. The van der Waals surface area contributed by atoms with Crippen LogP contribution in [0.5, 0.6) is 17.2 Å². The van der Waals surface area contributed by atoms with E-state index < -0.39 is 5.91 Å². The molecule has 0 bridgehead atoms. The Morgan fingerprint density at radius 2 is 1.72 bits per heavy atom. The second-order valence-electron chi connectivity index (χ2n) is 7.40. The number of hydrogen-bond donors (Lipinski definition) is 1. The number of amides is 1. The van der Waals surface area contributed by atoms with E-state index in [1.54, 1.807) is 48.5 Å². The zero-order valence-electron chi connectivity index (χ0n) is 19.9. The number of rotatable bonds is 10. The summed E-state index contributed by atoms with van der Waals surface area (Å²) in [6, 6.07) is 21.6. The summed E-state index contributed by atoms with van der Waals surface area (Å²) in [7, 11) is 0. The molecule has 0 radical (unpaired) electrons. The Morgan fingerprint density at radius 1 is 1.00 bits per heavy atom. The van der Waals surface area contributed by atoms with E-state index in [0.717, 1.165) is 5.56 Å². The highest BCUT2D eigenvalue weighted by atomic mass is 79.9. The van der Waals surface area contributed by atoms with Crippen LogP contribution in [0.3, 0.4) is 0 Å². The third kappa shape index (κ3) is 6.88. The highest BCUT2D eigenvalue weighted by molar-refractivity contribution is 9.10. The normalized spacial score (nSPS) is 10.6. The van der Waals surface area contributed by atoms with E-state index in [4.69, 9.17) is 14.2 Å². The number of benzene rings is 3. The molecular weight excluding hydrogens is 522 g/mol. The van der Waals surface area contributed by atoms with Gasteiger partial charge in [0.2, 0.25) is 0 Å². The fourth-order valence-corrected chi connectivity index (χ4v) is 3.87. The smallest absolute Gasteiger partial charge is 0.266 e. The number of ether oxygens (including phenoxy) is 3. The summed E-state index contributed by atoms with van der Waals surface area (Å²) in [5, 5.41) is 21.6. The van der Waals surface area contributed by atoms with Crippen LogP contribution in [0.1, 0.15) is 30.5 Å². The lowest BCUT2D eigenvalue weighted by molar-refractivity contribution is -0.112. The third-order valence-corrected chi connectivity index (χ3v) is 5.53. The molecule has 0 fully saturated rings.